The van der Waals surface area contributed by atoms with Crippen molar-refractivity contribution < 1.29 is 13.2 Å². The molecule has 5 nitrogen and oxygen atoms in total. The zero-order valence-corrected chi connectivity index (χ0v) is 14.0. The molecule has 0 bridgehead atoms. The smallest absolute Gasteiger partial charge is 0.315 e. The predicted molar refractivity (Wildman–Crippen MR) is 84.1 cm³/mol. The van der Waals surface area contributed by atoms with Gasteiger partial charge >= 0.3 is 6.03 Å². The van der Waals surface area contributed by atoms with E-state index in [-0.39, 0.29) is 22.2 Å². The number of benzene rings is 1. The van der Waals surface area contributed by atoms with E-state index in [2.05, 4.69) is 10.6 Å². The topological polar surface area (TPSA) is 75.3 Å². The Kier molecular flexibility index (Phi) is 5.39. The van der Waals surface area contributed by atoms with E-state index >= 15 is 0 Å². The molecule has 1 aromatic carbocycles. The molecule has 0 aliphatic rings. The number of carbonyl (C=O) groups excluding carboxylic acids is 1. The molecular formula is C15H24N2O3S. The van der Waals surface area contributed by atoms with Crippen molar-refractivity contribution in [2.45, 2.75) is 51.1 Å². The maximum Gasteiger partial charge on any atom is 0.315 e. The largest absolute Gasteiger partial charge is 0.335 e. The van der Waals surface area contributed by atoms with E-state index in [1.807, 2.05) is 27.7 Å². The molecule has 1 rings (SSSR count). The van der Waals surface area contributed by atoms with Crippen LogP contribution in [-0.2, 0) is 9.84 Å². The van der Waals surface area contributed by atoms with Gasteiger partial charge in [0.15, 0.2) is 9.84 Å². The minimum absolute atomic E-state index is 0.131. The molecule has 0 aromatic heterocycles. The summed E-state index contributed by atoms with van der Waals surface area (Å²) in [5.41, 5.74) is 0.643. The van der Waals surface area contributed by atoms with Crippen LogP contribution < -0.4 is 10.6 Å². The lowest BCUT2D eigenvalue weighted by atomic mass is 10.1. The highest BCUT2D eigenvalue weighted by atomic mass is 32.2. The summed E-state index contributed by atoms with van der Waals surface area (Å²) in [5.74, 6) is -0.131. The normalized spacial score (nSPS) is 13.6. The molecule has 0 aliphatic carbocycles. The molecule has 0 aliphatic heterocycles. The molecule has 118 valence electrons. The number of carbonyl (C=O) groups is 1. The van der Waals surface area contributed by atoms with Gasteiger partial charge in [-0.2, -0.15) is 0 Å². The van der Waals surface area contributed by atoms with E-state index in [0.29, 0.717) is 0 Å². The van der Waals surface area contributed by atoms with Gasteiger partial charge in [-0.25, -0.2) is 13.2 Å². The Morgan fingerprint density at radius 2 is 1.71 bits per heavy atom. The van der Waals surface area contributed by atoms with Crippen molar-refractivity contribution in [3.05, 3.63) is 29.8 Å². The van der Waals surface area contributed by atoms with Crippen LogP contribution in [0.25, 0.3) is 0 Å². The first-order valence-corrected chi connectivity index (χ1v) is 8.53. The average molecular weight is 312 g/mol. The monoisotopic (exact) mass is 312 g/mol. The Labute approximate surface area is 127 Å². The van der Waals surface area contributed by atoms with E-state index in [0.717, 1.165) is 5.56 Å². The average Bonchev–Trinajstić information content (AvgIpc) is 2.25. The molecule has 6 heteroatoms. The standard InChI is InChI=1S/C15H24N2O3S/c1-11-6-8-13(9-7-11)21(19,20)10-12(2)16-14(18)17-15(3,4)5/h6-9,12H,10H2,1-5H3,(H2,16,17,18). The van der Waals surface area contributed by atoms with Crippen LogP contribution in [-0.4, -0.2) is 31.8 Å². The van der Waals surface area contributed by atoms with Crippen LogP contribution >= 0.6 is 0 Å². The van der Waals surface area contributed by atoms with Gasteiger partial charge in [-0.1, -0.05) is 17.7 Å². The number of aryl methyl sites for hydroxylation is 1. The highest BCUT2D eigenvalue weighted by molar-refractivity contribution is 7.91. The quantitative estimate of drug-likeness (QED) is 0.895. The molecule has 2 N–H and O–H groups in total. The minimum Gasteiger partial charge on any atom is -0.335 e. The van der Waals surface area contributed by atoms with Crippen molar-refractivity contribution in [3.63, 3.8) is 0 Å². The number of sulfone groups is 1. The molecule has 1 unspecified atom stereocenters. The molecule has 0 heterocycles. The fourth-order valence-corrected chi connectivity index (χ4v) is 3.30. The summed E-state index contributed by atoms with van der Waals surface area (Å²) in [7, 11) is -3.41. The second-order valence-electron chi connectivity index (χ2n) is 6.34. The zero-order chi connectivity index (χ0) is 16.3. The summed E-state index contributed by atoms with van der Waals surface area (Å²) in [5, 5.41) is 5.38. The van der Waals surface area contributed by atoms with Gasteiger partial charge in [0, 0.05) is 11.6 Å². The Morgan fingerprint density at radius 3 is 2.19 bits per heavy atom. The highest BCUT2D eigenvalue weighted by Crippen LogP contribution is 2.13. The van der Waals surface area contributed by atoms with Crippen molar-refractivity contribution in [1.29, 1.82) is 0 Å². The lowest BCUT2D eigenvalue weighted by Crippen LogP contribution is -2.50. The van der Waals surface area contributed by atoms with Gasteiger partial charge in [-0.15, -0.1) is 0 Å². The van der Waals surface area contributed by atoms with E-state index < -0.39 is 15.9 Å². The van der Waals surface area contributed by atoms with Crippen LogP contribution in [0.3, 0.4) is 0 Å². The van der Waals surface area contributed by atoms with Gasteiger partial charge in [-0.05, 0) is 46.8 Å². The summed E-state index contributed by atoms with van der Waals surface area (Å²) in [6, 6.07) is 5.86. The summed E-state index contributed by atoms with van der Waals surface area (Å²) in [6.07, 6.45) is 0. The van der Waals surface area contributed by atoms with Crippen molar-refractivity contribution in [3.8, 4) is 0 Å². The number of hydrogen-bond donors (Lipinski definition) is 2. The van der Waals surface area contributed by atoms with Crippen molar-refractivity contribution >= 4 is 15.9 Å². The predicted octanol–water partition coefficient (Wildman–Crippen LogP) is 2.25. The highest BCUT2D eigenvalue weighted by Gasteiger charge is 2.21. The number of nitrogens with one attached hydrogen (secondary N) is 2. The summed E-state index contributed by atoms with van der Waals surface area (Å²) in [4.78, 5) is 12.0. The first kappa shape index (κ1) is 17.5. The van der Waals surface area contributed by atoms with Gasteiger partial charge in [0.05, 0.1) is 10.6 Å². The Bertz CT molecular complexity index is 586. The van der Waals surface area contributed by atoms with Crippen LogP contribution in [0.2, 0.25) is 0 Å². The second-order valence-corrected chi connectivity index (χ2v) is 8.38. The molecular weight excluding hydrogens is 288 g/mol. The fraction of sp³-hybridized carbons (Fsp3) is 0.533. The molecule has 21 heavy (non-hydrogen) atoms. The maximum atomic E-state index is 12.2. The summed E-state index contributed by atoms with van der Waals surface area (Å²) < 4.78 is 24.5. The van der Waals surface area contributed by atoms with Crippen molar-refractivity contribution in [2.24, 2.45) is 0 Å². The molecule has 0 fully saturated rings. The number of urea groups is 1. The van der Waals surface area contributed by atoms with Gasteiger partial charge in [0.25, 0.3) is 0 Å². The van der Waals surface area contributed by atoms with Gasteiger partial charge < -0.3 is 10.6 Å². The lowest BCUT2D eigenvalue weighted by molar-refractivity contribution is 0.230. The third-order valence-corrected chi connectivity index (χ3v) is 4.64. The van der Waals surface area contributed by atoms with Crippen LogP contribution in [0.1, 0.15) is 33.3 Å². The maximum absolute atomic E-state index is 12.2. The summed E-state index contributed by atoms with van der Waals surface area (Å²) in [6.45, 7) is 9.16. The van der Waals surface area contributed by atoms with Gasteiger partial charge in [-0.3, -0.25) is 0 Å². The van der Waals surface area contributed by atoms with Crippen LogP contribution in [0, 0.1) is 6.92 Å². The van der Waals surface area contributed by atoms with Crippen LogP contribution in [0.4, 0.5) is 4.79 Å². The molecule has 0 saturated heterocycles. The second kappa shape index (κ2) is 6.47. The van der Waals surface area contributed by atoms with Crippen molar-refractivity contribution in [1.82, 2.24) is 10.6 Å². The molecule has 2 amide bonds. The third kappa shape index (κ3) is 6.16. The van der Waals surface area contributed by atoms with Gasteiger partial charge in [0.2, 0.25) is 0 Å². The zero-order valence-electron chi connectivity index (χ0n) is 13.2. The Morgan fingerprint density at radius 1 is 1.19 bits per heavy atom. The third-order valence-electron chi connectivity index (χ3n) is 2.72. The van der Waals surface area contributed by atoms with E-state index in [9.17, 15) is 13.2 Å². The molecule has 0 radical (unpaired) electrons. The van der Waals surface area contributed by atoms with Crippen LogP contribution in [0.15, 0.2) is 29.2 Å². The minimum atomic E-state index is -3.41. The molecule has 0 spiro atoms. The first-order chi connectivity index (χ1) is 9.49. The number of amides is 2. The Balaban J connectivity index is 2.67. The van der Waals surface area contributed by atoms with E-state index in [4.69, 9.17) is 0 Å². The van der Waals surface area contributed by atoms with E-state index in [1.165, 1.54) is 0 Å². The SMILES string of the molecule is Cc1ccc(S(=O)(=O)CC(C)NC(=O)NC(C)(C)C)cc1. The summed E-state index contributed by atoms with van der Waals surface area (Å²) >= 11 is 0. The number of rotatable bonds is 4. The van der Waals surface area contributed by atoms with Crippen molar-refractivity contribution in [2.75, 3.05) is 5.75 Å². The fourth-order valence-electron chi connectivity index (χ4n) is 1.81. The molecule has 0 saturated carbocycles. The van der Waals surface area contributed by atoms with Gasteiger partial charge in [0.1, 0.15) is 0 Å². The van der Waals surface area contributed by atoms with E-state index in [1.54, 1.807) is 31.2 Å². The first-order valence-electron chi connectivity index (χ1n) is 6.88. The Hall–Kier alpha value is -1.56. The molecule has 1 aromatic rings. The number of hydrogen-bond acceptors (Lipinski definition) is 3. The van der Waals surface area contributed by atoms with Crippen LogP contribution in [0.5, 0.6) is 0 Å². The lowest BCUT2D eigenvalue weighted by Gasteiger charge is -2.22. The molecule has 1 atom stereocenters.